The standard InChI is InChI=1S/C29H35N7O6/c30-19-42-15-14-41-13-12-40-11-10-35-17-21(33-34-35)16-31-24-7-6-22(20-4-2-1-3-5-20)27-23(24)18-36(29(27)39)25-8-9-26(37)32-28(25)38/h1-7,17,25,31H,8-16,18-19,30H2,(H,32,37,38). The van der Waals surface area contributed by atoms with Crippen LogP contribution in [0.25, 0.3) is 11.1 Å². The van der Waals surface area contributed by atoms with Crippen LogP contribution in [0, 0.1) is 0 Å². The Morgan fingerprint density at radius 2 is 1.74 bits per heavy atom. The molecule has 4 N–H and O–H groups in total. The molecular formula is C29H35N7O6. The van der Waals surface area contributed by atoms with Gasteiger partial charge >= 0.3 is 0 Å². The second kappa shape index (κ2) is 14.1. The Morgan fingerprint density at radius 3 is 2.50 bits per heavy atom. The Bertz CT molecular complexity index is 1400. The molecule has 1 fully saturated rings. The van der Waals surface area contributed by atoms with Crippen molar-refractivity contribution in [2.24, 2.45) is 5.73 Å². The molecular weight excluding hydrogens is 542 g/mol. The molecule has 5 rings (SSSR count). The number of fused-ring (bicyclic) bond motifs is 1. The Labute approximate surface area is 243 Å². The molecule has 3 heterocycles. The summed E-state index contributed by atoms with van der Waals surface area (Å²) in [7, 11) is 0. The largest absolute Gasteiger partial charge is 0.379 e. The number of carbonyl (C=O) groups excluding carboxylic acids is 3. The van der Waals surface area contributed by atoms with Crippen molar-refractivity contribution in [1.29, 1.82) is 0 Å². The van der Waals surface area contributed by atoms with E-state index in [2.05, 4.69) is 20.9 Å². The Morgan fingerprint density at radius 1 is 0.976 bits per heavy atom. The number of nitrogens with one attached hydrogen (secondary N) is 2. The smallest absolute Gasteiger partial charge is 0.255 e. The predicted octanol–water partition coefficient (Wildman–Crippen LogP) is 1.28. The molecule has 0 spiro atoms. The van der Waals surface area contributed by atoms with E-state index in [1.54, 1.807) is 9.58 Å². The highest BCUT2D eigenvalue weighted by atomic mass is 16.5. The number of imide groups is 1. The molecule has 0 saturated carbocycles. The monoisotopic (exact) mass is 577 g/mol. The van der Waals surface area contributed by atoms with Crippen molar-refractivity contribution < 1.29 is 28.6 Å². The van der Waals surface area contributed by atoms with Gasteiger partial charge in [-0.1, -0.05) is 41.6 Å². The number of hydrogen-bond donors (Lipinski definition) is 3. The number of anilines is 1. The molecule has 0 aliphatic carbocycles. The number of rotatable bonds is 15. The second-order valence-electron chi connectivity index (χ2n) is 9.91. The van der Waals surface area contributed by atoms with Crippen molar-refractivity contribution in [3.8, 4) is 11.1 Å². The van der Waals surface area contributed by atoms with Crippen molar-refractivity contribution in [2.75, 3.05) is 45.1 Å². The van der Waals surface area contributed by atoms with Gasteiger partial charge in [0.05, 0.1) is 64.6 Å². The van der Waals surface area contributed by atoms with E-state index in [-0.39, 0.29) is 31.5 Å². The first-order valence-electron chi connectivity index (χ1n) is 14.0. The van der Waals surface area contributed by atoms with Gasteiger partial charge in [-0.05, 0) is 23.6 Å². The summed E-state index contributed by atoms with van der Waals surface area (Å²) in [5.74, 6) is -0.971. The van der Waals surface area contributed by atoms with E-state index >= 15 is 0 Å². The molecule has 42 heavy (non-hydrogen) atoms. The van der Waals surface area contributed by atoms with Crippen molar-refractivity contribution in [3.63, 3.8) is 0 Å². The fourth-order valence-electron chi connectivity index (χ4n) is 5.09. The third-order valence-electron chi connectivity index (χ3n) is 7.16. The van der Waals surface area contributed by atoms with Gasteiger partial charge in [0.15, 0.2) is 0 Å². The van der Waals surface area contributed by atoms with Crippen molar-refractivity contribution >= 4 is 23.4 Å². The van der Waals surface area contributed by atoms with Crippen molar-refractivity contribution in [1.82, 2.24) is 25.2 Å². The van der Waals surface area contributed by atoms with Crippen LogP contribution in [-0.4, -0.2) is 83.4 Å². The van der Waals surface area contributed by atoms with Gasteiger partial charge in [-0.15, -0.1) is 5.10 Å². The highest BCUT2D eigenvalue weighted by molar-refractivity contribution is 6.09. The second-order valence-corrected chi connectivity index (χ2v) is 9.91. The van der Waals surface area contributed by atoms with E-state index < -0.39 is 11.9 Å². The first-order valence-corrected chi connectivity index (χ1v) is 14.0. The molecule has 3 aromatic rings. The van der Waals surface area contributed by atoms with Crippen LogP contribution in [0.5, 0.6) is 0 Å². The molecule has 1 saturated heterocycles. The molecule has 1 aromatic heterocycles. The summed E-state index contributed by atoms with van der Waals surface area (Å²) in [4.78, 5) is 39.7. The molecule has 2 aliphatic rings. The average molecular weight is 578 g/mol. The lowest BCUT2D eigenvalue weighted by Gasteiger charge is -2.29. The molecule has 13 nitrogen and oxygen atoms in total. The third kappa shape index (κ3) is 6.99. The zero-order valence-electron chi connectivity index (χ0n) is 23.3. The number of ether oxygens (including phenoxy) is 3. The van der Waals surface area contributed by atoms with Gasteiger partial charge < -0.3 is 30.2 Å². The number of benzene rings is 2. The fraction of sp³-hybridized carbons (Fsp3) is 0.414. The zero-order chi connectivity index (χ0) is 29.3. The van der Waals surface area contributed by atoms with Crippen LogP contribution in [0.15, 0.2) is 48.7 Å². The van der Waals surface area contributed by atoms with E-state index in [9.17, 15) is 14.4 Å². The van der Waals surface area contributed by atoms with E-state index in [1.165, 1.54) is 0 Å². The van der Waals surface area contributed by atoms with Crippen LogP contribution >= 0.6 is 0 Å². The number of piperidine rings is 1. The lowest BCUT2D eigenvalue weighted by atomic mass is 9.95. The highest BCUT2D eigenvalue weighted by Crippen LogP contribution is 2.38. The minimum absolute atomic E-state index is 0.181. The lowest BCUT2D eigenvalue weighted by molar-refractivity contribution is -0.136. The van der Waals surface area contributed by atoms with Crippen LogP contribution in [0.3, 0.4) is 0 Å². The average Bonchev–Trinajstić information content (AvgIpc) is 3.60. The van der Waals surface area contributed by atoms with Gasteiger partial charge in [-0.3, -0.25) is 19.7 Å². The predicted molar refractivity (Wildman–Crippen MR) is 152 cm³/mol. The van der Waals surface area contributed by atoms with Crippen LogP contribution in [-0.2, 0) is 43.4 Å². The summed E-state index contributed by atoms with van der Waals surface area (Å²) in [6, 6.07) is 12.9. The zero-order valence-corrected chi connectivity index (χ0v) is 23.3. The van der Waals surface area contributed by atoms with E-state index in [0.717, 1.165) is 28.1 Å². The van der Waals surface area contributed by atoms with Crippen LogP contribution < -0.4 is 16.4 Å². The maximum atomic E-state index is 13.8. The van der Waals surface area contributed by atoms with Gasteiger partial charge in [0.25, 0.3) is 5.91 Å². The van der Waals surface area contributed by atoms with Crippen molar-refractivity contribution in [3.05, 3.63) is 65.5 Å². The van der Waals surface area contributed by atoms with E-state index in [1.807, 2.05) is 48.7 Å². The minimum Gasteiger partial charge on any atom is -0.379 e. The summed E-state index contributed by atoms with van der Waals surface area (Å²) in [6.07, 6.45) is 2.35. The number of carbonyl (C=O) groups is 3. The molecule has 0 radical (unpaired) electrons. The van der Waals surface area contributed by atoms with Crippen LogP contribution in [0.1, 0.15) is 34.5 Å². The molecule has 222 valence electrons. The van der Waals surface area contributed by atoms with Crippen LogP contribution in [0.2, 0.25) is 0 Å². The van der Waals surface area contributed by atoms with Crippen LogP contribution in [0.4, 0.5) is 5.69 Å². The number of nitrogens with two attached hydrogens (primary N) is 1. The first kappa shape index (κ1) is 29.3. The number of amides is 3. The Balaban J connectivity index is 1.22. The summed E-state index contributed by atoms with van der Waals surface area (Å²) in [5.41, 5.74) is 9.84. The first-order chi connectivity index (χ1) is 20.5. The molecule has 1 unspecified atom stereocenters. The summed E-state index contributed by atoms with van der Waals surface area (Å²) >= 11 is 0. The van der Waals surface area contributed by atoms with E-state index in [0.29, 0.717) is 58.1 Å². The Kier molecular flexibility index (Phi) is 9.87. The lowest BCUT2D eigenvalue weighted by Crippen LogP contribution is -2.52. The summed E-state index contributed by atoms with van der Waals surface area (Å²) < 4.78 is 17.7. The topological polar surface area (TPSA) is 163 Å². The van der Waals surface area contributed by atoms with E-state index in [4.69, 9.17) is 19.9 Å². The maximum Gasteiger partial charge on any atom is 0.255 e. The normalized spacial score (nSPS) is 16.5. The summed E-state index contributed by atoms with van der Waals surface area (Å²) in [5, 5.41) is 14.2. The quantitative estimate of drug-likeness (QED) is 0.136. The minimum atomic E-state index is -0.696. The summed E-state index contributed by atoms with van der Waals surface area (Å²) in [6.45, 7) is 3.70. The molecule has 2 aliphatic heterocycles. The number of aromatic nitrogens is 3. The van der Waals surface area contributed by atoms with Gasteiger partial charge in [0, 0.05) is 24.2 Å². The fourth-order valence-corrected chi connectivity index (χ4v) is 5.09. The molecule has 13 heteroatoms. The third-order valence-corrected chi connectivity index (χ3v) is 7.16. The SMILES string of the molecule is NCOCCOCCOCCn1cc(CNc2ccc(-c3ccccc3)c3c2CN(C2CCC(=O)NC2=O)C3=O)nn1. The van der Waals surface area contributed by atoms with Gasteiger partial charge in [0.1, 0.15) is 11.7 Å². The number of nitrogens with zero attached hydrogens (tertiary/aromatic N) is 4. The maximum absolute atomic E-state index is 13.8. The molecule has 3 amide bonds. The highest BCUT2D eigenvalue weighted by Gasteiger charge is 2.41. The molecule has 0 bridgehead atoms. The Hall–Kier alpha value is -4.17. The molecule has 2 aromatic carbocycles. The number of hydrogen-bond acceptors (Lipinski definition) is 10. The van der Waals surface area contributed by atoms with Gasteiger partial charge in [-0.25, -0.2) is 4.68 Å². The van der Waals surface area contributed by atoms with Gasteiger partial charge in [-0.2, -0.15) is 0 Å². The van der Waals surface area contributed by atoms with Crippen molar-refractivity contribution in [2.45, 2.75) is 38.5 Å². The van der Waals surface area contributed by atoms with Gasteiger partial charge in [0.2, 0.25) is 11.8 Å². The molecule has 1 atom stereocenters.